The van der Waals surface area contributed by atoms with Crippen molar-refractivity contribution in [3.63, 3.8) is 0 Å². The van der Waals surface area contributed by atoms with E-state index in [9.17, 15) is 0 Å². The molecule has 0 spiro atoms. The van der Waals surface area contributed by atoms with Gasteiger partial charge in [-0.05, 0) is 31.1 Å². The molecule has 1 fully saturated rings. The van der Waals surface area contributed by atoms with E-state index in [2.05, 4.69) is 19.4 Å². The zero-order chi connectivity index (χ0) is 16.4. The Balaban J connectivity index is 1.40. The molecule has 7 nitrogen and oxygen atoms in total. The van der Waals surface area contributed by atoms with E-state index in [1.165, 1.54) is 30.0 Å². The predicted octanol–water partition coefficient (Wildman–Crippen LogP) is 0.293. The monoisotopic (exact) mass is 346 g/mol. The molecular formula is C16H24N7S+. The van der Waals surface area contributed by atoms with Crippen molar-refractivity contribution in [2.45, 2.75) is 38.9 Å². The van der Waals surface area contributed by atoms with Crippen LogP contribution in [0.15, 0.2) is 18.5 Å². The fraction of sp³-hybridized carbons (Fsp3) is 0.625. The van der Waals surface area contributed by atoms with Crippen LogP contribution in [0.25, 0.3) is 0 Å². The van der Waals surface area contributed by atoms with Crippen LogP contribution in [0.1, 0.15) is 25.1 Å². The molecule has 4 rings (SSSR count). The second-order valence-corrected chi connectivity index (χ2v) is 6.97. The molecule has 128 valence electrons. The van der Waals surface area contributed by atoms with Gasteiger partial charge in [0.1, 0.15) is 5.82 Å². The van der Waals surface area contributed by atoms with Crippen LogP contribution in [0, 0.1) is 4.77 Å². The number of hydrogen-bond donors (Lipinski definition) is 1. The SMILES string of the molecule is S=c1n(C[NH+]2CCN(c3ncccn3)CC2)nc2n1CCCCC2. The molecule has 0 atom stereocenters. The summed E-state index contributed by atoms with van der Waals surface area (Å²) in [7, 11) is 0. The van der Waals surface area contributed by atoms with Gasteiger partial charge in [0, 0.05) is 25.4 Å². The van der Waals surface area contributed by atoms with Crippen LogP contribution < -0.4 is 9.80 Å². The Morgan fingerprint density at radius 2 is 1.83 bits per heavy atom. The van der Waals surface area contributed by atoms with Gasteiger partial charge < -0.3 is 14.4 Å². The third kappa shape index (κ3) is 3.21. The number of anilines is 1. The molecule has 2 aliphatic heterocycles. The topological polar surface area (TPSA) is 56.2 Å². The molecule has 0 aliphatic carbocycles. The maximum Gasteiger partial charge on any atom is 0.225 e. The van der Waals surface area contributed by atoms with Crippen molar-refractivity contribution in [1.82, 2.24) is 24.3 Å². The van der Waals surface area contributed by atoms with Crippen molar-refractivity contribution >= 4 is 18.2 Å². The van der Waals surface area contributed by atoms with E-state index in [0.29, 0.717) is 0 Å². The highest BCUT2D eigenvalue weighted by molar-refractivity contribution is 7.71. The number of hydrogen-bond acceptors (Lipinski definition) is 5. The highest BCUT2D eigenvalue weighted by atomic mass is 32.1. The van der Waals surface area contributed by atoms with Gasteiger partial charge in [-0.15, -0.1) is 0 Å². The number of aromatic nitrogens is 5. The van der Waals surface area contributed by atoms with Crippen LogP contribution >= 0.6 is 12.2 Å². The summed E-state index contributed by atoms with van der Waals surface area (Å²) in [6.07, 6.45) is 8.40. The van der Waals surface area contributed by atoms with Crippen LogP contribution in [0.3, 0.4) is 0 Å². The van der Waals surface area contributed by atoms with Gasteiger partial charge in [0.2, 0.25) is 10.7 Å². The third-order valence-corrected chi connectivity index (χ3v) is 5.39. The third-order valence-electron chi connectivity index (χ3n) is 4.96. The number of fused-ring (bicyclic) bond motifs is 1. The molecule has 1 N–H and O–H groups in total. The Morgan fingerprint density at radius 1 is 1.04 bits per heavy atom. The maximum absolute atomic E-state index is 5.66. The molecule has 0 unspecified atom stereocenters. The summed E-state index contributed by atoms with van der Waals surface area (Å²) in [5.74, 6) is 2.01. The second-order valence-electron chi connectivity index (χ2n) is 6.60. The lowest BCUT2D eigenvalue weighted by molar-refractivity contribution is -0.924. The van der Waals surface area contributed by atoms with Gasteiger partial charge in [0.05, 0.1) is 26.2 Å². The zero-order valence-electron chi connectivity index (χ0n) is 13.9. The summed E-state index contributed by atoms with van der Waals surface area (Å²) in [5.41, 5.74) is 0. The molecular weight excluding hydrogens is 322 g/mol. The summed E-state index contributed by atoms with van der Waals surface area (Å²) in [6.45, 7) is 5.95. The quantitative estimate of drug-likeness (QED) is 0.810. The van der Waals surface area contributed by atoms with Crippen molar-refractivity contribution in [1.29, 1.82) is 0 Å². The predicted molar refractivity (Wildman–Crippen MR) is 93.5 cm³/mol. The van der Waals surface area contributed by atoms with Crippen molar-refractivity contribution in [2.24, 2.45) is 0 Å². The van der Waals surface area contributed by atoms with Gasteiger partial charge in [-0.1, -0.05) is 6.42 Å². The van der Waals surface area contributed by atoms with E-state index < -0.39 is 0 Å². The van der Waals surface area contributed by atoms with E-state index in [1.54, 1.807) is 12.4 Å². The lowest BCUT2D eigenvalue weighted by Crippen LogP contribution is -3.14. The minimum absolute atomic E-state index is 0.835. The largest absolute Gasteiger partial charge is 0.330 e. The van der Waals surface area contributed by atoms with Crippen LogP contribution in [0.5, 0.6) is 0 Å². The lowest BCUT2D eigenvalue weighted by atomic mass is 10.2. The first-order chi connectivity index (χ1) is 11.8. The number of piperazine rings is 1. The summed E-state index contributed by atoms with van der Waals surface area (Å²) < 4.78 is 5.18. The molecule has 24 heavy (non-hydrogen) atoms. The molecule has 2 aliphatic rings. The fourth-order valence-electron chi connectivity index (χ4n) is 3.58. The summed E-state index contributed by atoms with van der Waals surface area (Å²) in [5, 5.41) is 4.80. The standard InChI is InChI=1S/C16H23N7S/c24-16-22-8-3-1-2-5-14(22)19-23(16)13-20-9-11-21(12-10-20)15-17-6-4-7-18-15/h4,6-7H,1-3,5,8-13H2/p+1. The highest BCUT2D eigenvalue weighted by Gasteiger charge is 2.23. The zero-order valence-corrected chi connectivity index (χ0v) is 14.7. The molecule has 0 radical (unpaired) electrons. The van der Waals surface area contributed by atoms with Gasteiger partial charge in [-0.25, -0.2) is 9.97 Å². The Labute approximate surface area is 146 Å². The van der Waals surface area contributed by atoms with Crippen molar-refractivity contribution in [2.75, 3.05) is 31.1 Å². The first-order valence-corrected chi connectivity index (χ1v) is 9.24. The van der Waals surface area contributed by atoms with Gasteiger partial charge in [0.15, 0.2) is 6.67 Å². The average Bonchev–Trinajstić information content (AvgIpc) is 2.79. The van der Waals surface area contributed by atoms with Crippen LogP contribution in [0.4, 0.5) is 5.95 Å². The minimum atomic E-state index is 0.835. The maximum atomic E-state index is 5.66. The van der Waals surface area contributed by atoms with Crippen LogP contribution in [-0.4, -0.2) is 50.5 Å². The molecule has 2 aromatic heterocycles. The Bertz CT molecular complexity index is 731. The number of aryl methyl sites for hydroxylation is 1. The van der Waals surface area contributed by atoms with Crippen molar-refractivity contribution in [3.8, 4) is 0 Å². The second kappa shape index (κ2) is 6.98. The van der Waals surface area contributed by atoms with E-state index >= 15 is 0 Å². The highest BCUT2D eigenvalue weighted by Crippen LogP contribution is 2.13. The number of quaternary nitrogens is 1. The van der Waals surface area contributed by atoms with E-state index in [4.69, 9.17) is 17.3 Å². The summed E-state index contributed by atoms with van der Waals surface area (Å²) >= 11 is 5.66. The minimum Gasteiger partial charge on any atom is -0.330 e. The van der Waals surface area contributed by atoms with Gasteiger partial charge in [-0.3, -0.25) is 0 Å². The molecule has 0 bridgehead atoms. The first kappa shape index (κ1) is 15.7. The Kier molecular flexibility index (Phi) is 4.57. The van der Waals surface area contributed by atoms with Gasteiger partial charge in [-0.2, -0.15) is 9.78 Å². The summed E-state index contributed by atoms with van der Waals surface area (Å²) in [4.78, 5) is 12.5. The van der Waals surface area contributed by atoms with E-state index in [0.717, 1.165) is 56.5 Å². The van der Waals surface area contributed by atoms with Gasteiger partial charge in [0.25, 0.3) is 0 Å². The smallest absolute Gasteiger partial charge is 0.225 e. The van der Waals surface area contributed by atoms with Gasteiger partial charge >= 0.3 is 0 Å². The van der Waals surface area contributed by atoms with Crippen molar-refractivity contribution < 1.29 is 4.90 Å². The first-order valence-electron chi connectivity index (χ1n) is 8.83. The lowest BCUT2D eigenvalue weighted by Gasteiger charge is -2.31. The fourth-order valence-corrected chi connectivity index (χ4v) is 3.88. The molecule has 2 aromatic rings. The van der Waals surface area contributed by atoms with E-state index in [1.807, 2.05) is 10.7 Å². The molecule has 8 heteroatoms. The molecule has 0 saturated carbocycles. The van der Waals surface area contributed by atoms with Crippen LogP contribution in [0.2, 0.25) is 0 Å². The molecule has 0 amide bonds. The van der Waals surface area contributed by atoms with E-state index in [-0.39, 0.29) is 0 Å². The normalized spacial score (nSPS) is 19.1. The van der Waals surface area contributed by atoms with Crippen LogP contribution in [-0.2, 0) is 19.6 Å². The number of nitrogens with one attached hydrogen (secondary N) is 1. The summed E-state index contributed by atoms with van der Waals surface area (Å²) in [6, 6.07) is 1.86. The number of nitrogens with zero attached hydrogens (tertiary/aromatic N) is 6. The Morgan fingerprint density at radius 3 is 2.62 bits per heavy atom. The van der Waals surface area contributed by atoms with Crippen molar-refractivity contribution in [3.05, 3.63) is 29.1 Å². The average molecular weight is 346 g/mol. The molecule has 0 aromatic carbocycles. The molecule has 1 saturated heterocycles. The number of rotatable bonds is 3. The molecule has 4 heterocycles. The Hall–Kier alpha value is -1.80.